The van der Waals surface area contributed by atoms with Crippen LogP contribution in [-0.4, -0.2) is 12.0 Å². The molecule has 0 aliphatic heterocycles. The lowest BCUT2D eigenvalue weighted by molar-refractivity contribution is -0.145. The van der Waals surface area contributed by atoms with Gasteiger partial charge in [0.1, 0.15) is 6.04 Å². The maximum Gasteiger partial charge on any atom is 0.323 e. The topological polar surface area (TPSA) is 52.3 Å². The predicted octanol–water partition coefficient (Wildman–Crippen LogP) is 2.40. The van der Waals surface area contributed by atoms with E-state index in [-0.39, 0.29) is 5.97 Å². The van der Waals surface area contributed by atoms with Crippen molar-refractivity contribution in [2.24, 2.45) is 11.7 Å². The van der Waals surface area contributed by atoms with Gasteiger partial charge >= 0.3 is 5.97 Å². The highest BCUT2D eigenvalue weighted by atomic mass is 16.5. The van der Waals surface area contributed by atoms with Crippen LogP contribution < -0.4 is 5.73 Å². The molecule has 0 bridgehead atoms. The molecule has 2 N–H and O–H groups in total. The molecule has 1 aliphatic rings. The molecular weight excluding hydrogens is 190 g/mol. The van der Waals surface area contributed by atoms with Crippen LogP contribution in [0, 0.1) is 12.0 Å². The van der Waals surface area contributed by atoms with Crippen LogP contribution in [0.25, 0.3) is 0 Å². The first-order valence-electron chi connectivity index (χ1n) is 5.91. The summed E-state index contributed by atoms with van der Waals surface area (Å²) in [6.07, 6.45) is 7.03. The van der Waals surface area contributed by atoms with E-state index in [0.717, 1.165) is 31.8 Å². The van der Waals surface area contributed by atoms with Gasteiger partial charge in [-0.25, -0.2) is 0 Å². The molecule has 15 heavy (non-hydrogen) atoms. The van der Waals surface area contributed by atoms with Gasteiger partial charge in [-0.15, -0.1) is 0 Å². The molecule has 0 aromatic carbocycles. The summed E-state index contributed by atoms with van der Waals surface area (Å²) in [7, 11) is 0. The first-order valence-corrected chi connectivity index (χ1v) is 5.91. The van der Waals surface area contributed by atoms with Crippen LogP contribution in [0.4, 0.5) is 0 Å². The van der Waals surface area contributed by atoms with Crippen LogP contribution in [0.3, 0.4) is 0 Å². The average molecular weight is 212 g/mol. The molecule has 1 saturated carbocycles. The van der Waals surface area contributed by atoms with Gasteiger partial charge in [0, 0.05) is 0 Å². The Kier molecular flexibility index (Phi) is 5.09. The van der Waals surface area contributed by atoms with Gasteiger partial charge in [0.15, 0.2) is 6.10 Å². The van der Waals surface area contributed by atoms with E-state index in [1.165, 1.54) is 6.42 Å². The van der Waals surface area contributed by atoms with E-state index in [9.17, 15) is 4.79 Å². The molecule has 87 valence electrons. The average Bonchev–Trinajstić information content (AvgIpc) is 2.18. The van der Waals surface area contributed by atoms with Crippen LogP contribution in [0.2, 0.25) is 0 Å². The highest BCUT2D eigenvalue weighted by Crippen LogP contribution is 2.26. The van der Waals surface area contributed by atoms with Crippen LogP contribution in [0.1, 0.15) is 52.4 Å². The minimum atomic E-state index is -0.459. The van der Waals surface area contributed by atoms with Gasteiger partial charge in [0.25, 0.3) is 0 Å². The third-order valence-electron chi connectivity index (χ3n) is 2.68. The van der Waals surface area contributed by atoms with E-state index in [2.05, 4.69) is 13.8 Å². The summed E-state index contributed by atoms with van der Waals surface area (Å²) in [4.78, 5) is 11.6. The van der Waals surface area contributed by atoms with Crippen molar-refractivity contribution >= 4 is 5.97 Å². The fraction of sp³-hybridized carbons (Fsp3) is 0.833. The standard InChI is InChI=1S/C12H22NO2/c1-9(2)8-11(13)12(14)15-10-6-4-3-5-7-10/h9,11H,3-8,13H2,1-2H3. The Hall–Kier alpha value is -0.570. The maximum atomic E-state index is 11.6. The molecule has 3 nitrogen and oxygen atoms in total. The number of esters is 1. The number of carbonyl (C=O) groups is 1. The summed E-state index contributed by atoms with van der Waals surface area (Å²) in [6, 6.07) is -0.459. The molecule has 0 heterocycles. The second-order valence-electron chi connectivity index (χ2n) is 4.76. The molecule has 3 heteroatoms. The number of nitrogens with two attached hydrogens (primary N) is 1. The molecule has 0 aromatic heterocycles. The summed E-state index contributed by atoms with van der Waals surface area (Å²) in [5.41, 5.74) is 5.75. The van der Waals surface area contributed by atoms with E-state index < -0.39 is 6.04 Å². The van der Waals surface area contributed by atoms with Crippen molar-refractivity contribution < 1.29 is 9.53 Å². The molecule has 1 atom stereocenters. The lowest BCUT2D eigenvalue weighted by Crippen LogP contribution is -2.34. The molecule has 0 amide bonds. The fourth-order valence-corrected chi connectivity index (χ4v) is 1.87. The SMILES string of the molecule is CC(C)CC(N)C(=O)O[C]1CCCCC1. The van der Waals surface area contributed by atoms with Crippen molar-refractivity contribution in [3.8, 4) is 0 Å². The largest absolute Gasteiger partial charge is 0.454 e. The minimum absolute atomic E-state index is 0.249. The van der Waals surface area contributed by atoms with Crippen molar-refractivity contribution in [1.82, 2.24) is 0 Å². The van der Waals surface area contributed by atoms with Gasteiger partial charge in [0.2, 0.25) is 0 Å². The van der Waals surface area contributed by atoms with Gasteiger partial charge in [-0.2, -0.15) is 0 Å². The molecule has 0 saturated heterocycles. The van der Waals surface area contributed by atoms with Crippen molar-refractivity contribution in [1.29, 1.82) is 0 Å². The quantitative estimate of drug-likeness (QED) is 0.728. The lowest BCUT2D eigenvalue weighted by Gasteiger charge is -2.22. The Morgan fingerprint density at radius 3 is 2.47 bits per heavy atom. The molecule has 1 unspecified atom stereocenters. The van der Waals surface area contributed by atoms with Crippen molar-refractivity contribution in [3.63, 3.8) is 0 Å². The minimum Gasteiger partial charge on any atom is -0.454 e. The zero-order chi connectivity index (χ0) is 11.3. The maximum absolute atomic E-state index is 11.6. The van der Waals surface area contributed by atoms with Gasteiger partial charge in [-0.3, -0.25) is 4.79 Å². The van der Waals surface area contributed by atoms with E-state index in [1.807, 2.05) is 0 Å². The molecular formula is C12H22NO2. The Balaban J connectivity index is 2.27. The zero-order valence-electron chi connectivity index (χ0n) is 9.79. The molecule has 1 fully saturated rings. The Bertz CT molecular complexity index is 198. The molecule has 1 rings (SSSR count). The Morgan fingerprint density at radius 1 is 1.33 bits per heavy atom. The second-order valence-corrected chi connectivity index (χ2v) is 4.76. The van der Waals surface area contributed by atoms with Crippen LogP contribution in [0.5, 0.6) is 0 Å². The summed E-state index contributed by atoms with van der Waals surface area (Å²) in [5, 5.41) is 0. The summed E-state index contributed by atoms with van der Waals surface area (Å²) in [5.74, 6) is 0.185. The Labute approximate surface area is 92.4 Å². The predicted molar refractivity (Wildman–Crippen MR) is 59.9 cm³/mol. The smallest absolute Gasteiger partial charge is 0.323 e. The number of rotatable bonds is 4. The number of hydrogen-bond donors (Lipinski definition) is 1. The summed E-state index contributed by atoms with van der Waals surface area (Å²) in [6.45, 7) is 4.11. The van der Waals surface area contributed by atoms with Gasteiger partial charge in [-0.05, 0) is 38.0 Å². The zero-order valence-corrected chi connectivity index (χ0v) is 9.79. The molecule has 0 spiro atoms. The van der Waals surface area contributed by atoms with Crippen LogP contribution >= 0.6 is 0 Å². The van der Waals surface area contributed by atoms with Crippen molar-refractivity contribution in [2.45, 2.75) is 58.4 Å². The summed E-state index contributed by atoms with van der Waals surface area (Å²) >= 11 is 0. The first-order chi connectivity index (χ1) is 7.09. The fourth-order valence-electron chi connectivity index (χ4n) is 1.87. The monoisotopic (exact) mass is 212 g/mol. The van der Waals surface area contributed by atoms with E-state index in [0.29, 0.717) is 12.3 Å². The van der Waals surface area contributed by atoms with E-state index in [4.69, 9.17) is 10.5 Å². The van der Waals surface area contributed by atoms with Gasteiger partial charge in [-0.1, -0.05) is 20.3 Å². The first kappa shape index (κ1) is 12.5. The molecule has 1 radical (unpaired) electrons. The van der Waals surface area contributed by atoms with Crippen molar-refractivity contribution in [2.75, 3.05) is 0 Å². The van der Waals surface area contributed by atoms with E-state index >= 15 is 0 Å². The van der Waals surface area contributed by atoms with Crippen molar-refractivity contribution in [3.05, 3.63) is 6.10 Å². The number of ether oxygens (including phenoxy) is 1. The second kappa shape index (κ2) is 6.11. The van der Waals surface area contributed by atoms with Crippen LogP contribution in [0.15, 0.2) is 0 Å². The lowest BCUT2D eigenvalue weighted by atomic mass is 9.97. The molecule has 0 aromatic rings. The third kappa shape index (κ3) is 4.65. The van der Waals surface area contributed by atoms with E-state index in [1.54, 1.807) is 0 Å². The van der Waals surface area contributed by atoms with Gasteiger partial charge in [0.05, 0.1) is 0 Å². The third-order valence-corrected chi connectivity index (χ3v) is 2.68. The molecule has 1 aliphatic carbocycles. The number of hydrogen-bond acceptors (Lipinski definition) is 3. The highest BCUT2D eigenvalue weighted by molar-refractivity contribution is 5.76. The van der Waals surface area contributed by atoms with Gasteiger partial charge < -0.3 is 10.5 Å². The normalized spacial score (nSPS) is 20.3. The number of carbonyl (C=O) groups excluding carboxylic acids is 1. The van der Waals surface area contributed by atoms with Crippen LogP contribution in [-0.2, 0) is 9.53 Å². The summed E-state index contributed by atoms with van der Waals surface area (Å²) < 4.78 is 5.31. The highest BCUT2D eigenvalue weighted by Gasteiger charge is 2.23. The Morgan fingerprint density at radius 2 is 1.93 bits per heavy atom.